The van der Waals surface area contributed by atoms with Crippen LogP contribution in [0.1, 0.15) is 21.5 Å². The molecule has 3 rings (SSSR count). The van der Waals surface area contributed by atoms with E-state index in [2.05, 4.69) is 4.98 Å². The molecule has 2 nitrogen and oxygen atoms in total. The van der Waals surface area contributed by atoms with Gasteiger partial charge >= 0.3 is 0 Å². The summed E-state index contributed by atoms with van der Waals surface area (Å²) in [5.74, 6) is -0.857. The molecule has 0 aliphatic rings. The molecule has 0 spiro atoms. The first-order valence-corrected chi connectivity index (χ1v) is 6.53. The van der Waals surface area contributed by atoms with Gasteiger partial charge in [0.2, 0.25) is 0 Å². The third-order valence-corrected chi connectivity index (χ3v) is 3.65. The first-order chi connectivity index (χ1) is 9.59. The van der Waals surface area contributed by atoms with Gasteiger partial charge in [0.15, 0.2) is 5.78 Å². The highest BCUT2D eigenvalue weighted by atomic mass is 35.5. The summed E-state index contributed by atoms with van der Waals surface area (Å²) in [6.07, 6.45) is 1.57. The Morgan fingerprint density at radius 2 is 1.90 bits per heavy atom. The lowest BCUT2D eigenvalue weighted by molar-refractivity contribution is 0.103. The number of benzene rings is 2. The first-order valence-electron chi connectivity index (χ1n) is 6.15. The van der Waals surface area contributed by atoms with Crippen LogP contribution >= 0.6 is 11.6 Å². The molecule has 0 aliphatic carbocycles. The normalized spacial score (nSPS) is 10.9. The fourth-order valence-corrected chi connectivity index (χ4v) is 2.56. The molecule has 0 bridgehead atoms. The van der Waals surface area contributed by atoms with Crippen LogP contribution in [0.2, 0.25) is 5.02 Å². The maximum atomic E-state index is 14.1. The summed E-state index contributed by atoms with van der Waals surface area (Å²) >= 11 is 6.14. The van der Waals surface area contributed by atoms with Crippen molar-refractivity contribution in [1.29, 1.82) is 0 Å². The van der Waals surface area contributed by atoms with E-state index in [0.29, 0.717) is 21.5 Å². The molecule has 1 N–H and O–H groups in total. The number of nitrogens with one attached hydrogen (secondary N) is 1. The third kappa shape index (κ3) is 1.91. The van der Waals surface area contributed by atoms with E-state index in [1.807, 2.05) is 6.07 Å². The van der Waals surface area contributed by atoms with E-state index < -0.39 is 5.82 Å². The van der Waals surface area contributed by atoms with Gasteiger partial charge in [0.25, 0.3) is 0 Å². The molecule has 3 aromatic rings. The van der Waals surface area contributed by atoms with Crippen molar-refractivity contribution in [3.63, 3.8) is 0 Å². The van der Waals surface area contributed by atoms with Gasteiger partial charge < -0.3 is 4.98 Å². The average Bonchev–Trinajstić information content (AvgIpc) is 2.86. The molecule has 20 heavy (non-hydrogen) atoms. The lowest BCUT2D eigenvalue weighted by atomic mass is 10.0. The molecule has 1 heterocycles. The SMILES string of the molecule is Cc1cccc(C(=O)c2c[nH]c3cccc(Cl)c23)c1F. The Kier molecular flexibility index (Phi) is 3.07. The second-order valence-corrected chi connectivity index (χ2v) is 5.04. The molecule has 0 atom stereocenters. The summed E-state index contributed by atoms with van der Waals surface area (Å²) in [5, 5.41) is 1.10. The molecular formula is C16H11ClFNO. The number of hydrogen-bond acceptors (Lipinski definition) is 1. The summed E-state index contributed by atoms with van der Waals surface area (Å²) in [6, 6.07) is 10.1. The Morgan fingerprint density at radius 1 is 1.15 bits per heavy atom. The number of aromatic amines is 1. The van der Waals surface area contributed by atoms with Crippen molar-refractivity contribution in [3.8, 4) is 0 Å². The summed E-state index contributed by atoms with van der Waals surface area (Å²) in [4.78, 5) is 15.5. The largest absolute Gasteiger partial charge is 0.360 e. The predicted molar refractivity (Wildman–Crippen MR) is 77.9 cm³/mol. The molecule has 0 amide bonds. The number of fused-ring (bicyclic) bond motifs is 1. The number of H-pyrrole nitrogens is 1. The number of carbonyl (C=O) groups excluding carboxylic acids is 1. The van der Waals surface area contributed by atoms with Gasteiger partial charge in [-0.25, -0.2) is 4.39 Å². The van der Waals surface area contributed by atoms with Crippen molar-refractivity contribution in [2.45, 2.75) is 6.92 Å². The summed E-state index contributed by atoms with van der Waals surface area (Å²) in [7, 11) is 0. The first kappa shape index (κ1) is 12.9. The number of aromatic nitrogens is 1. The maximum absolute atomic E-state index is 14.1. The van der Waals surface area contributed by atoms with Crippen LogP contribution in [0.3, 0.4) is 0 Å². The topological polar surface area (TPSA) is 32.9 Å². The monoisotopic (exact) mass is 287 g/mol. The van der Waals surface area contributed by atoms with Crippen molar-refractivity contribution in [3.05, 3.63) is 70.1 Å². The van der Waals surface area contributed by atoms with E-state index in [-0.39, 0.29) is 11.3 Å². The zero-order valence-electron chi connectivity index (χ0n) is 10.7. The number of carbonyl (C=O) groups is 1. The fraction of sp³-hybridized carbons (Fsp3) is 0.0625. The molecular weight excluding hydrogens is 277 g/mol. The molecule has 0 unspecified atom stereocenters. The van der Waals surface area contributed by atoms with Crippen LogP contribution in [0.4, 0.5) is 4.39 Å². The van der Waals surface area contributed by atoms with Crippen LogP contribution in [-0.4, -0.2) is 10.8 Å². The van der Waals surface area contributed by atoms with Crippen molar-refractivity contribution in [1.82, 2.24) is 4.98 Å². The third-order valence-electron chi connectivity index (χ3n) is 3.34. The number of rotatable bonds is 2. The van der Waals surface area contributed by atoms with Crippen molar-refractivity contribution in [2.75, 3.05) is 0 Å². The van der Waals surface area contributed by atoms with Gasteiger partial charge in [-0.05, 0) is 30.7 Å². The molecule has 100 valence electrons. The van der Waals surface area contributed by atoms with Crippen molar-refractivity contribution in [2.24, 2.45) is 0 Å². The minimum atomic E-state index is -0.487. The van der Waals surface area contributed by atoms with E-state index in [0.717, 1.165) is 5.52 Å². The molecule has 1 aromatic heterocycles. The van der Waals surface area contributed by atoms with Crippen LogP contribution in [-0.2, 0) is 0 Å². The summed E-state index contributed by atoms with van der Waals surface area (Å²) in [5.41, 5.74) is 1.65. The minimum absolute atomic E-state index is 0.0609. The molecule has 0 saturated carbocycles. The predicted octanol–water partition coefficient (Wildman–Crippen LogP) is 4.50. The highest BCUT2D eigenvalue weighted by Gasteiger charge is 2.19. The van der Waals surface area contributed by atoms with E-state index in [4.69, 9.17) is 11.6 Å². The van der Waals surface area contributed by atoms with E-state index in [1.165, 1.54) is 6.07 Å². The van der Waals surface area contributed by atoms with Crippen LogP contribution in [0.25, 0.3) is 10.9 Å². The Balaban J connectivity index is 2.21. The molecule has 0 aliphatic heterocycles. The fourth-order valence-electron chi connectivity index (χ4n) is 2.29. The number of ketones is 1. The van der Waals surface area contributed by atoms with Crippen LogP contribution in [0.15, 0.2) is 42.6 Å². The molecule has 0 radical (unpaired) electrons. The quantitative estimate of drug-likeness (QED) is 0.692. The minimum Gasteiger partial charge on any atom is -0.360 e. The van der Waals surface area contributed by atoms with Gasteiger partial charge in [-0.15, -0.1) is 0 Å². The number of halogens is 2. The average molecular weight is 288 g/mol. The lowest BCUT2D eigenvalue weighted by Crippen LogP contribution is -2.05. The van der Waals surface area contributed by atoms with Crippen LogP contribution in [0.5, 0.6) is 0 Å². The second kappa shape index (κ2) is 4.76. The van der Waals surface area contributed by atoms with Crippen LogP contribution in [0, 0.1) is 12.7 Å². The van der Waals surface area contributed by atoms with Gasteiger partial charge in [0.1, 0.15) is 5.82 Å². The maximum Gasteiger partial charge on any atom is 0.198 e. The highest BCUT2D eigenvalue weighted by molar-refractivity contribution is 6.37. The molecule has 2 aromatic carbocycles. The molecule has 0 saturated heterocycles. The van der Waals surface area contributed by atoms with Crippen molar-refractivity contribution >= 4 is 28.3 Å². The lowest BCUT2D eigenvalue weighted by Gasteiger charge is -2.04. The molecule has 4 heteroatoms. The zero-order chi connectivity index (χ0) is 14.3. The van der Waals surface area contributed by atoms with Gasteiger partial charge in [0, 0.05) is 22.7 Å². The smallest absolute Gasteiger partial charge is 0.198 e. The van der Waals surface area contributed by atoms with Gasteiger partial charge in [-0.2, -0.15) is 0 Å². The Hall–Kier alpha value is -2.13. The zero-order valence-corrected chi connectivity index (χ0v) is 11.5. The van der Waals surface area contributed by atoms with E-state index in [1.54, 1.807) is 37.4 Å². The molecule has 0 fully saturated rings. The Morgan fingerprint density at radius 3 is 2.70 bits per heavy atom. The highest BCUT2D eigenvalue weighted by Crippen LogP contribution is 2.29. The van der Waals surface area contributed by atoms with Gasteiger partial charge in [-0.1, -0.05) is 29.8 Å². The van der Waals surface area contributed by atoms with Crippen LogP contribution < -0.4 is 0 Å². The Labute approximate surface area is 120 Å². The standard InChI is InChI=1S/C16H11ClFNO/c1-9-4-2-5-10(15(9)18)16(20)11-8-19-13-7-3-6-12(17)14(11)13/h2-8,19H,1H3. The second-order valence-electron chi connectivity index (χ2n) is 4.63. The number of aryl methyl sites for hydroxylation is 1. The van der Waals surface area contributed by atoms with Gasteiger partial charge in [-0.3, -0.25) is 4.79 Å². The van der Waals surface area contributed by atoms with E-state index in [9.17, 15) is 9.18 Å². The van der Waals surface area contributed by atoms with Crippen molar-refractivity contribution < 1.29 is 9.18 Å². The number of hydrogen-bond donors (Lipinski definition) is 1. The van der Waals surface area contributed by atoms with E-state index >= 15 is 0 Å². The summed E-state index contributed by atoms with van der Waals surface area (Å²) < 4.78 is 14.1. The Bertz CT molecular complexity index is 822. The summed E-state index contributed by atoms with van der Waals surface area (Å²) in [6.45, 7) is 1.63. The van der Waals surface area contributed by atoms with Gasteiger partial charge in [0.05, 0.1) is 10.6 Å².